The van der Waals surface area contributed by atoms with Gasteiger partial charge in [-0.15, -0.1) is 11.3 Å². The van der Waals surface area contributed by atoms with Gasteiger partial charge in [0.25, 0.3) is 5.91 Å². The first-order valence-corrected chi connectivity index (χ1v) is 10.5. The number of methoxy groups -OCH3 is 1. The maximum atomic E-state index is 12.1. The highest BCUT2D eigenvalue weighted by Crippen LogP contribution is 2.34. The highest BCUT2D eigenvalue weighted by Gasteiger charge is 2.15. The van der Waals surface area contributed by atoms with E-state index >= 15 is 0 Å². The van der Waals surface area contributed by atoms with Gasteiger partial charge in [-0.25, -0.2) is 4.98 Å². The number of carbonyl (C=O) groups excluding carboxylic acids is 1. The second-order valence-corrected chi connectivity index (χ2v) is 8.26. The SMILES string of the molecule is COc1cc(-c2nc(C(=O)NC(C)C)cs2)ccc1OCc1ccc(Cl)cc1Cl. The number of thiazole rings is 1. The highest BCUT2D eigenvalue weighted by atomic mass is 35.5. The Hall–Kier alpha value is -2.28. The van der Waals surface area contributed by atoms with Crippen LogP contribution >= 0.6 is 34.5 Å². The smallest absolute Gasteiger partial charge is 0.270 e. The van der Waals surface area contributed by atoms with Crippen LogP contribution < -0.4 is 14.8 Å². The number of rotatable bonds is 7. The number of amides is 1. The second-order valence-electron chi connectivity index (χ2n) is 6.56. The Morgan fingerprint density at radius 1 is 1.17 bits per heavy atom. The maximum absolute atomic E-state index is 12.1. The molecule has 0 saturated carbocycles. The summed E-state index contributed by atoms with van der Waals surface area (Å²) in [5, 5.41) is 6.43. The molecular weight excluding hydrogens is 431 g/mol. The van der Waals surface area contributed by atoms with Crippen molar-refractivity contribution in [2.24, 2.45) is 0 Å². The van der Waals surface area contributed by atoms with Crippen LogP contribution in [-0.4, -0.2) is 24.0 Å². The Bertz CT molecular complexity index is 1020. The van der Waals surface area contributed by atoms with E-state index in [1.807, 2.05) is 38.1 Å². The molecule has 8 heteroatoms. The Kier molecular flexibility index (Phi) is 7.00. The van der Waals surface area contributed by atoms with Crippen LogP contribution in [0.4, 0.5) is 0 Å². The number of halogens is 2. The number of carbonyl (C=O) groups is 1. The molecule has 2 aromatic carbocycles. The van der Waals surface area contributed by atoms with Crippen molar-refractivity contribution in [3.63, 3.8) is 0 Å². The number of ether oxygens (including phenoxy) is 2. The zero-order chi connectivity index (χ0) is 21.0. The molecule has 1 aromatic heterocycles. The average molecular weight is 451 g/mol. The Balaban J connectivity index is 1.76. The molecule has 152 valence electrons. The predicted octanol–water partition coefficient (Wildman–Crippen LogP) is 5.84. The van der Waals surface area contributed by atoms with Gasteiger partial charge in [-0.1, -0.05) is 29.3 Å². The van der Waals surface area contributed by atoms with Crippen molar-refractivity contribution in [2.45, 2.75) is 26.5 Å². The number of benzene rings is 2. The summed E-state index contributed by atoms with van der Waals surface area (Å²) in [6.45, 7) is 4.10. The minimum Gasteiger partial charge on any atom is -0.493 e. The summed E-state index contributed by atoms with van der Waals surface area (Å²) in [7, 11) is 1.57. The summed E-state index contributed by atoms with van der Waals surface area (Å²) in [5.74, 6) is 0.960. The zero-order valence-electron chi connectivity index (χ0n) is 16.2. The molecule has 1 amide bonds. The van der Waals surface area contributed by atoms with Crippen molar-refractivity contribution >= 4 is 40.4 Å². The Morgan fingerprint density at radius 3 is 2.66 bits per heavy atom. The van der Waals surface area contributed by atoms with Gasteiger partial charge in [0.15, 0.2) is 11.5 Å². The largest absolute Gasteiger partial charge is 0.493 e. The number of nitrogens with zero attached hydrogens (tertiary/aromatic N) is 1. The lowest BCUT2D eigenvalue weighted by Crippen LogP contribution is -2.30. The zero-order valence-corrected chi connectivity index (χ0v) is 18.5. The van der Waals surface area contributed by atoms with E-state index < -0.39 is 0 Å². The summed E-state index contributed by atoms with van der Waals surface area (Å²) >= 11 is 13.5. The second kappa shape index (κ2) is 9.48. The molecule has 0 unspecified atom stereocenters. The number of aromatic nitrogens is 1. The van der Waals surface area contributed by atoms with Crippen LogP contribution in [0.25, 0.3) is 10.6 Å². The lowest BCUT2D eigenvalue weighted by Gasteiger charge is -2.12. The summed E-state index contributed by atoms with van der Waals surface area (Å²) in [6.07, 6.45) is 0. The molecule has 1 heterocycles. The third-order valence-corrected chi connectivity index (χ3v) is 5.44. The van der Waals surface area contributed by atoms with E-state index in [-0.39, 0.29) is 18.6 Å². The maximum Gasteiger partial charge on any atom is 0.270 e. The average Bonchev–Trinajstić information content (AvgIpc) is 3.17. The van der Waals surface area contributed by atoms with Gasteiger partial charge < -0.3 is 14.8 Å². The van der Waals surface area contributed by atoms with Crippen molar-refractivity contribution in [3.8, 4) is 22.1 Å². The van der Waals surface area contributed by atoms with Crippen molar-refractivity contribution in [1.29, 1.82) is 0 Å². The van der Waals surface area contributed by atoms with E-state index in [2.05, 4.69) is 10.3 Å². The molecule has 29 heavy (non-hydrogen) atoms. The van der Waals surface area contributed by atoms with Gasteiger partial charge >= 0.3 is 0 Å². The summed E-state index contributed by atoms with van der Waals surface area (Å²) < 4.78 is 11.3. The molecule has 0 aliphatic heterocycles. The Labute approximate surface area is 183 Å². The molecule has 5 nitrogen and oxygen atoms in total. The molecule has 3 rings (SSSR count). The first-order valence-electron chi connectivity index (χ1n) is 8.89. The molecule has 3 aromatic rings. The molecule has 0 aliphatic carbocycles. The molecule has 0 atom stereocenters. The molecule has 0 aliphatic rings. The van der Waals surface area contributed by atoms with Gasteiger partial charge in [-0.3, -0.25) is 4.79 Å². The fourth-order valence-corrected chi connectivity index (χ4v) is 3.82. The van der Waals surface area contributed by atoms with Crippen LogP contribution in [0, 0.1) is 0 Å². The fourth-order valence-electron chi connectivity index (χ4n) is 2.56. The molecular formula is C21H20Cl2N2O3S. The minimum atomic E-state index is -0.186. The van der Waals surface area contributed by atoms with Gasteiger partial charge in [0.05, 0.1) is 7.11 Å². The van der Waals surface area contributed by atoms with E-state index in [0.29, 0.717) is 27.2 Å². The van der Waals surface area contributed by atoms with Crippen molar-refractivity contribution in [1.82, 2.24) is 10.3 Å². The van der Waals surface area contributed by atoms with Crippen molar-refractivity contribution in [2.75, 3.05) is 7.11 Å². The third-order valence-electron chi connectivity index (χ3n) is 3.97. The molecule has 0 spiro atoms. The molecule has 0 bridgehead atoms. The minimum absolute atomic E-state index is 0.0540. The number of nitrogens with one attached hydrogen (secondary N) is 1. The summed E-state index contributed by atoms with van der Waals surface area (Å²) in [5.41, 5.74) is 2.06. The molecule has 0 fully saturated rings. The molecule has 1 N–H and O–H groups in total. The number of hydrogen-bond donors (Lipinski definition) is 1. The van der Waals surface area contributed by atoms with Crippen molar-refractivity contribution < 1.29 is 14.3 Å². The van der Waals surface area contributed by atoms with Gasteiger partial charge in [-0.2, -0.15) is 0 Å². The van der Waals surface area contributed by atoms with Crippen molar-refractivity contribution in [3.05, 3.63) is 63.1 Å². The molecule has 0 saturated heterocycles. The molecule has 0 radical (unpaired) electrons. The number of hydrogen-bond acceptors (Lipinski definition) is 5. The first-order chi connectivity index (χ1) is 13.9. The summed E-state index contributed by atoms with van der Waals surface area (Å²) in [4.78, 5) is 16.5. The van der Waals surface area contributed by atoms with E-state index in [0.717, 1.165) is 16.1 Å². The normalized spacial score (nSPS) is 10.8. The first kappa shape index (κ1) is 21.4. The third kappa shape index (κ3) is 5.41. The van der Waals surface area contributed by atoms with Crippen LogP contribution in [0.5, 0.6) is 11.5 Å². The lowest BCUT2D eigenvalue weighted by molar-refractivity contribution is 0.0939. The topological polar surface area (TPSA) is 60.5 Å². The Morgan fingerprint density at radius 2 is 1.97 bits per heavy atom. The van der Waals surface area contributed by atoms with Gasteiger partial charge in [0, 0.05) is 32.6 Å². The van der Waals surface area contributed by atoms with Gasteiger partial charge in [0.1, 0.15) is 17.3 Å². The van der Waals surface area contributed by atoms with E-state index in [4.69, 9.17) is 32.7 Å². The van der Waals surface area contributed by atoms with E-state index in [1.165, 1.54) is 11.3 Å². The van der Waals surface area contributed by atoms with Crippen LogP contribution in [0.1, 0.15) is 29.9 Å². The predicted molar refractivity (Wildman–Crippen MR) is 117 cm³/mol. The quantitative estimate of drug-likeness (QED) is 0.490. The summed E-state index contributed by atoms with van der Waals surface area (Å²) in [6, 6.07) is 10.8. The highest BCUT2D eigenvalue weighted by molar-refractivity contribution is 7.13. The van der Waals surface area contributed by atoms with E-state index in [9.17, 15) is 4.79 Å². The van der Waals surface area contributed by atoms with E-state index in [1.54, 1.807) is 24.6 Å². The van der Waals surface area contributed by atoms with Gasteiger partial charge in [0.2, 0.25) is 0 Å². The van der Waals surface area contributed by atoms with Crippen LogP contribution in [0.3, 0.4) is 0 Å². The monoisotopic (exact) mass is 450 g/mol. The lowest BCUT2D eigenvalue weighted by atomic mass is 10.2. The standard InChI is InChI=1S/C21H20Cl2N2O3S/c1-12(2)24-20(26)17-11-29-21(25-17)13-5-7-18(19(8-13)27-3)28-10-14-4-6-15(22)9-16(14)23/h4-9,11-12H,10H2,1-3H3,(H,24,26). The fraction of sp³-hybridized carbons (Fsp3) is 0.238. The van der Waals surface area contributed by atoms with Crippen LogP contribution in [0.15, 0.2) is 41.8 Å². The van der Waals surface area contributed by atoms with Crippen LogP contribution in [-0.2, 0) is 6.61 Å². The van der Waals surface area contributed by atoms with Crippen LogP contribution in [0.2, 0.25) is 10.0 Å². The van der Waals surface area contributed by atoms with Gasteiger partial charge in [-0.05, 0) is 44.2 Å².